The third kappa shape index (κ3) is 3.41. The number of aryl methyl sites for hydroxylation is 1. The smallest absolute Gasteiger partial charge is 0.504 e. The number of carbonyl (C=O) groups is 2. The van der Waals surface area contributed by atoms with Gasteiger partial charge in [0.25, 0.3) is 0 Å². The largest absolute Gasteiger partial charge is 0.511 e. The molecule has 3 N–H and O–H groups in total. The summed E-state index contributed by atoms with van der Waals surface area (Å²) in [6, 6.07) is 8.07. The van der Waals surface area contributed by atoms with Crippen LogP contribution in [0.25, 0.3) is 21.9 Å². The second-order valence-electron chi connectivity index (χ2n) is 6.92. The topological polar surface area (TPSA) is 141 Å². The van der Waals surface area contributed by atoms with Crippen molar-refractivity contribution in [1.82, 2.24) is 0 Å². The van der Waals surface area contributed by atoms with Crippen molar-refractivity contribution in [3.8, 4) is 45.6 Å². The first-order chi connectivity index (χ1) is 15.2. The average molecular weight is 442 g/mol. The average Bonchev–Trinajstić information content (AvgIpc) is 3.14. The maximum absolute atomic E-state index is 11.5. The molecule has 3 aromatic rings. The Labute approximate surface area is 181 Å². The van der Waals surface area contributed by atoms with Crippen LogP contribution < -0.4 is 23.7 Å². The molecule has 0 aromatic heterocycles. The predicted octanol–water partition coefficient (Wildman–Crippen LogP) is 4.76. The fraction of sp³-hybridized carbons (Fsp3) is 0.182. The Kier molecular flexibility index (Phi) is 5.05. The number of hydrogen-bond acceptors (Lipinski definition) is 8. The summed E-state index contributed by atoms with van der Waals surface area (Å²) in [5, 5.41) is 29.9. The predicted molar refractivity (Wildman–Crippen MR) is 110 cm³/mol. The Balaban J connectivity index is 2.19. The molecule has 1 unspecified atom stereocenters. The molecule has 166 valence electrons. The third-order valence-corrected chi connectivity index (χ3v) is 4.90. The Morgan fingerprint density at radius 3 is 2.16 bits per heavy atom. The maximum Gasteiger partial charge on any atom is 0.511 e. The van der Waals surface area contributed by atoms with Crippen molar-refractivity contribution in [1.29, 1.82) is 0 Å². The van der Waals surface area contributed by atoms with Crippen LogP contribution in [0.15, 0.2) is 30.3 Å². The number of phenols is 1. The van der Waals surface area contributed by atoms with Crippen molar-refractivity contribution in [2.24, 2.45) is 0 Å². The molecule has 10 nitrogen and oxygen atoms in total. The van der Waals surface area contributed by atoms with E-state index >= 15 is 0 Å². The molecule has 1 heterocycles. The molecular weight excluding hydrogens is 424 g/mol. The summed E-state index contributed by atoms with van der Waals surface area (Å²) in [7, 11) is 1.49. The number of ether oxygens (including phenoxy) is 5. The summed E-state index contributed by atoms with van der Waals surface area (Å²) in [4.78, 5) is 22.8. The van der Waals surface area contributed by atoms with Crippen LogP contribution in [0, 0.1) is 6.92 Å². The number of phenolic OH excluding ortho intramolecular Hbond substituents is 1. The highest BCUT2D eigenvalue weighted by molar-refractivity contribution is 6.11. The first-order valence-electron chi connectivity index (χ1n) is 9.36. The number of aromatic hydroxyl groups is 1. The van der Waals surface area contributed by atoms with Crippen LogP contribution in [0.5, 0.6) is 34.5 Å². The van der Waals surface area contributed by atoms with Crippen LogP contribution in [0.4, 0.5) is 9.59 Å². The highest BCUT2D eigenvalue weighted by Crippen LogP contribution is 2.57. The molecule has 1 aliphatic heterocycles. The maximum atomic E-state index is 11.5. The van der Waals surface area contributed by atoms with E-state index in [1.54, 1.807) is 44.2 Å². The number of hydrogen-bond donors (Lipinski definition) is 3. The molecule has 0 aliphatic carbocycles. The third-order valence-electron chi connectivity index (χ3n) is 4.90. The Morgan fingerprint density at radius 1 is 0.969 bits per heavy atom. The quantitative estimate of drug-likeness (QED) is 0.382. The first-order valence-corrected chi connectivity index (χ1v) is 9.36. The van der Waals surface area contributed by atoms with Crippen molar-refractivity contribution in [3.63, 3.8) is 0 Å². The molecule has 0 bridgehead atoms. The second-order valence-corrected chi connectivity index (χ2v) is 6.92. The normalized spacial score (nSPS) is 14.3. The lowest BCUT2D eigenvalue weighted by Crippen LogP contribution is -2.12. The molecule has 0 fully saturated rings. The van der Waals surface area contributed by atoms with E-state index in [0.29, 0.717) is 22.6 Å². The molecular formula is C22H18O10. The summed E-state index contributed by atoms with van der Waals surface area (Å²) >= 11 is 0. The minimum absolute atomic E-state index is 0.132. The van der Waals surface area contributed by atoms with Gasteiger partial charge in [-0.1, -0.05) is 12.1 Å². The second kappa shape index (κ2) is 7.73. The lowest BCUT2D eigenvalue weighted by Gasteiger charge is -2.19. The molecule has 0 saturated carbocycles. The number of methoxy groups -OCH3 is 1. The van der Waals surface area contributed by atoms with Gasteiger partial charge in [0.2, 0.25) is 12.0 Å². The van der Waals surface area contributed by atoms with E-state index in [2.05, 4.69) is 0 Å². The monoisotopic (exact) mass is 442 g/mol. The van der Waals surface area contributed by atoms with Crippen molar-refractivity contribution in [2.75, 3.05) is 7.11 Å². The van der Waals surface area contributed by atoms with Gasteiger partial charge in [0, 0.05) is 23.3 Å². The molecule has 4 rings (SSSR count). The zero-order valence-corrected chi connectivity index (χ0v) is 17.2. The van der Waals surface area contributed by atoms with Crippen molar-refractivity contribution >= 4 is 23.1 Å². The van der Waals surface area contributed by atoms with Gasteiger partial charge in [0.1, 0.15) is 5.75 Å². The molecule has 1 aliphatic rings. The Bertz CT molecular complexity index is 1250. The van der Waals surface area contributed by atoms with Crippen molar-refractivity contribution in [3.05, 3.63) is 35.9 Å². The number of fused-ring (bicyclic) bond motifs is 3. The van der Waals surface area contributed by atoms with Crippen molar-refractivity contribution < 1.29 is 48.6 Å². The van der Waals surface area contributed by atoms with E-state index in [-0.39, 0.29) is 22.1 Å². The van der Waals surface area contributed by atoms with Crippen LogP contribution in [0.1, 0.15) is 12.5 Å². The Morgan fingerprint density at radius 2 is 1.56 bits per heavy atom. The van der Waals surface area contributed by atoms with Gasteiger partial charge >= 0.3 is 12.3 Å². The van der Waals surface area contributed by atoms with Gasteiger partial charge in [-0.25, -0.2) is 9.59 Å². The summed E-state index contributed by atoms with van der Waals surface area (Å²) in [5.41, 5.74) is 1.17. The fourth-order valence-corrected chi connectivity index (χ4v) is 3.68. The van der Waals surface area contributed by atoms with Gasteiger partial charge in [-0.3, -0.25) is 0 Å². The van der Waals surface area contributed by atoms with Crippen LogP contribution in [-0.2, 0) is 0 Å². The van der Waals surface area contributed by atoms with Crippen LogP contribution in [0.2, 0.25) is 0 Å². The molecule has 1 atom stereocenters. The summed E-state index contributed by atoms with van der Waals surface area (Å²) in [6.07, 6.45) is -4.14. The lowest BCUT2D eigenvalue weighted by molar-refractivity contribution is 0.0682. The molecule has 0 amide bonds. The van der Waals surface area contributed by atoms with Crippen molar-refractivity contribution in [2.45, 2.75) is 20.1 Å². The van der Waals surface area contributed by atoms with Gasteiger partial charge in [-0.2, -0.15) is 0 Å². The minimum Gasteiger partial charge on any atom is -0.504 e. The van der Waals surface area contributed by atoms with E-state index in [1.807, 2.05) is 0 Å². The standard InChI is InChI=1S/C22H18O10/c1-9-8-13-15(19-17(9)29-10(2)30-19)14(11-4-6-12(28-3)7-5-11)18(31-21(24)25)20(16(13)23)32-22(26)27/h4-8,10,23H,1-3H3,(H,24,25)(H,26,27). The lowest BCUT2D eigenvalue weighted by atomic mass is 9.93. The van der Waals surface area contributed by atoms with Gasteiger partial charge in [-0.15, -0.1) is 0 Å². The zero-order valence-electron chi connectivity index (χ0n) is 17.2. The van der Waals surface area contributed by atoms with E-state index in [1.165, 1.54) is 7.11 Å². The fourth-order valence-electron chi connectivity index (χ4n) is 3.68. The summed E-state index contributed by atoms with van der Waals surface area (Å²) in [6.45, 7) is 3.40. The summed E-state index contributed by atoms with van der Waals surface area (Å²) in [5.74, 6) is -0.592. The molecule has 0 spiro atoms. The number of benzene rings is 3. The van der Waals surface area contributed by atoms with E-state index in [9.17, 15) is 24.9 Å². The molecule has 3 aromatic carbocycles. The highest BCUT2D eigenvalue weighted by Gasteiger charge is 2.33. The number of carboxylic acid groups (broad SMARTS) is 2. The SMILES string of the molecule is COc1ccc(-c2c(OC(=O)O)c(OC(=O)O)c(O)c3cc(C)c4c(c23)OC(C)O4)cc1. The van der Waals surface area contributed by atoms with Gasteiger partial charge in [0.15, 0.2) is 23.0 Å². The molecule has 0 saturated heterocycles. The number of rotatable bonds is 4. The van der Waals surface area contributed by atoms with Gasteiger partial charge in [0.05, 0.1) is 7.11 Å². The van der Waals surface area contributed by atoms with E-state index in [4.69, 9.17) is 23.7 Å². The molecule has 10 heteroatoms. The first kappa shape index (κ1) is 20.9. The van der Waals surface area contributed by atoms with Gasteiger partial charge < -0.3 is 39.0 Å². The van der Waals surface area contributed by atoms with E-state index in [0.717, 1.165) is 0 Å². The van der Waals surface area contributed by atoms with Gasteiger partial charge in [-0.05, 0) is 36.2 Å². The van der Waals surface area contributed by atoms with Crippen LogP contribution in [-0.4, -0.2) is 41.0 Å². The molecule has 32 heavy (non-hydrogen) atoms. The zero-order chi connectivity index (χ0) is 23.2. The summed E-state index contributed by atoms with van der Waals surface area (Å²) < 4.78 is 26.4. The highest BCUT2D eigenvalue weighted by atomic mass is 16.7. The van der Waals surface area contributed by atoms with Crippen LogP contribution >= 0.6 is 0 Å². The minimum atomic E-state index is -1.76. The Hall–Kier alpha value is -4.34. The van der Waals surface area contributed by atoms with Crippen LogP contribution in [0.3, 0.4) is 0 Å². The van der Waals surface area contributed by atoms with E-state index < -0.39 is 35.8 Å². The molecule has 0 radical (unpaired) electrons.